The third-order valence-electron chi connectivity index (χ3n) is 2.13. The molecule has 0 atom stereocenters. The van der Waals surface area contributed by atoms with Crippen LogP contribution in [0.1, 0.15) is 0 Å². The van der Waals surface area contributed by atoms with Crippen LogP contribution in [0, 0.1) is 10.1 Å². The maximum absolute atomic E-state index is 10.8. The topological polar surface area (TPSA) is 70.2 Å². The highest BCUT2D eigenvalue weighted by molar-refractivity contribution is 5.59. The van der Waals surface area contributed by atoms with Crippen molar-refractivity contribution in [2.75, 3.05) is 7.11 Å². The van der Waals surface area contributed by atoms with Crippen molar-refractivity contribution < 1.29 is 9.66 Å². The number of hydrogen-bond acceptors (Lipinski definition) is 4. The second kappa shape index (κ2) is 4.01. The molecule has 0 saturated carbocycles. The van der Waals surface area contributed by atoms with E-state index in [2.05, 4.69) is 5.10 Å². The molecule has 1 aromatic carbocycles. The largest absolute Gasteiger partial charge is 0.489 e. The molecule has 0 unspecified atom stereocenters. The molecule has 0 aliphatic carbocycles. The highest BCUT2D eigenvalue weighted by Gasteiger charge is 2.19. The smallest absolute Gasteiger partial charge is 0.313 e. The molecule has 6 heteroatoms. The van der Waals surface area contributed by atoms with Crippen molar-refractivity contribution in [2.45, 2.75) is 0 Å². The van der Waals surface area contributed by atoms with Gasteiger partial charge in [-0.2, -0.15) is 5.10 Å². The molecular weight excluding hydrogens is 210 g/mol. The monoisotopic (exact) mass is 219 g/mol. The number of methoxy groups -OCH3 is 1. The van der Waals surface area contributed by atoms with Crippen molar-refractivity contribution in [3.05, 3.63) is 46.8 Å². The summed E-state index contributed by atoms with van der Waals surface area (Å²) < 4.78 is 6.58. The van der Waals surface area contributed by atoms with Gasteiger partial charge in [-0.3, -0.25) is 10.1 Å². The number of rotatable bonds is 3. The van der Waals surface area contributed by atoms with Gasteiger partial charge >= 0.3 is 5.69 Å². The SMILES string of the molecule is COc1c(-n2cccn2)cccc1[N+](=O)[O-]. The first-order valence-corrected chi connectivity index (χ1v) is 4.55. The normalized spacial score (nSPS) is 10.1. The molecule has 0 bridgehead atoms. The fraction of sp³-hybridized carbons (Fsp3) is 0.100. The summed E-state index contributed by atoms with van der Waals surface area (Å²) in [6.45, 7) is 0. The Kier molecular flexibility index (Phi) is 2.55. The van der Waals surface area contributed by atoms with E-state index >= 15 is 0 Å². The molecule has 0 spiro atoms. The Morgan fingerprint density at radius 1 is 1.44 bits per heavy atom. The molecule has 2 rings (SSSR count). The zero-order valence-electron chi connectivity index (χ0n) is 8.53. The molecule has 0 fully saturated rings. The Hall–Kier alpha value is -2.37. The van der Waals surface area contributed by atoms with Crippen molar-refractivity contribution in [3.8, 4) is 11.4 Å². The number of nitro benzene ring substituents is 1. The standard InChI is InChI=1S/C10H9N3O3/c1-16-10-8(12-7-3-6-11-12)4-2-5-9(10)13(14)15/h2-7H,1H3. The van der Waals surface area contributed by atoms with Crippen LogP contribution in [0.15, 0.2) is 36.7 Å². The molecule has 0 amide bonds. The number of para-hydroxylation sites is 1. The third-order valence-corrected chi connectivity index (χ3v) is 2.13. The van der Waals surface area contributed by atoms with E-state index in [1.165, 1.54) is 17.9 Å². The molecular formula is C10H9N3O3. The van der Waals surface area contributed by atoms with Gasteiger partial charge in [0.1, 0.15) is 5.69 Å². The maximum atomic E-state index is 10.8. The quantitative estimate of drug-likeness (QED) is 0.582. The summed E-state index contributed by atoms with van der Waals surface area (Å²) in [7, 11) is 1.40. The number of aromatic nitrogens is 2. The van der Waals surface area contributed by atoms with Crippen LogP contribution >= 0.6 is 0 Å². The lowest BCUT2D eigenvalue weighted by Crippen LogP contribution is -2.01. The fourth-order valence-electron chi connectivity index (χ4n) is 1.46. The van der Waals surface area contributed by atoms with E-state index in [0.717, 1.165) is 0 Å². The Bertz CT molecular complexity index is 508. The van der Waals surface area contributed by atoms with Crippen molar-refractivity contribution >= 4 is 5.69 Å². The van der Waals surface area contributed by atoms with Gasteiger partial charge in [-0.25, -0.2) is 4.68 Å². The highest BCUT2D eigenvalue weighted by Crippen LogP contribution is 2.32. The first kappa shape index (κ1) is 10.2. The number of ether oxygens (including phenoxy) is 1. The number of nitro groups is 1. The minimum absolute atomic E-state index is 0.0736. The van der Waals surface area contributed by atoms with E-state index in [1.54, 1.807) is 30.6 Å². The number of benzene rings is 1. The molecule has 6 nitrogen and oxygen atoms in total. The predicted octanol–water partition coefficient (Wildman–Crippen LogP) is 1.79. The molecule has 0 saturated heterocycles. The van der Waals surface area contributed by atoms with Crippen LogP contribution in [0.3, 0.4) is 0 Å². The maximum Gasteiger partial charge on any atom is 0.313 e. The molecule has 1 aromatic heterocycles. The Labute approximate surface area is 91.2 Å². The molecule has 0 radical (unpaired) electrons. The highest BCUT2D eigenvalue weighted by atomic mass is 16.6. The zero-order valence-corrected chi connectivity index (χ0v) is 8.53. The summed E-state index contributed by atoms with van der Waals surface area (Å²) in [5, 5.41) is 14.8. The molecule has 16 heavy (non-hydrogen) atoms. The van der Waals surface area contributed by atoms with Crippen molar-refractivity contribution in [1.82, 2.24) is 9.78 Å². The van der Waals surface area contributed by atoms with Gasteiger partial charge in [-0.05, 0) is 12.1 Å². The average molecular weight is 219 g/mol. The van der Waals surface area contributed by atoms with Gasteiger partial charge in [0.25, 0.3) is 0 Å². The van der Waals surface area contributed by atoms with E-state index in [0.29, 0.717) is 5.69 Å². The summed E-state index contributed by atoms with van der Waals surface area (Å²) in [5.41, 5.74) is 0.470. The Morgan fingerprint density at radius 3 is 2.81 bits per heavy atom. The van der Waals surface area contributed by atoms with Crippen LogP contribution in [-0.4, -0.2) is 21.8 Å². The predicted molar refractivity (Wildman–Crippen MR) is 56.8 cm³/mol. The summed E-state index contributed by atoms with van der Waals surface area (Å²) in [4.78, 5) is 10.3. The van der Waals surface area contributed by atoms with Gasteiger partial charge in [0, 0.05) is 18.5 Å². The lowest BCUT2D eigenvalue weighted by molar-refractivity contribution is -0.385. The summed E-state index contributed by atoms with van der Waals surface area (Å²) in [6, 6.07) is 6.43. The average Bonchev–Trinajstić information content (AvgIpc) is 2.81. The number of nitrogens with zero attached hydrogens (tertiary/aromatic N) is 3. The first-order valence-electron chi connectivity index (χ1n) is 4.55. The van der Waals surface area contributed by atoms with E-state index in [1.807, 2.05) is 0 Å². The molecule has 82 valence electrons. The lowest BCUT2D eigenvalue weighted by atomic mass is 10.2. The van der Waals surface area contributed by atoms with Crippen LogP contribution < -0.4 is 4.74 Å². The third kappa shape index (κ3) is 1.60. The molecule has 1 heterocycles. The minimum Gasteiger partial charge on any atom is -0.489 e. The van der Waals surface area contributed by atoms with Gasteiger partial charge in [0.15, 0.2) is 0 Å². The Morgan fingerprint density at radius 2 is 2.25 bits per heavy atom. The van der Waals surface area contributed by atoms with Crippen molar-refractivity contribution in [1.29, 1.82) is 0 Å². The molecule has 0 N–H and O–H groups in total. The van der Waals surface area contributed by atoms with E-state index in [9.17, 15) is 10.1 Å². The van der Waals surface area contributed by atoms with Crippen LogP contribution in [-0.2, 0) is 0 Å². The van der Waals surface area contributed by atoms with Crippen LogP contribution in [0.25, 0.3) is 5.69 Å². The molecule has 0 aliphatic heterocycles. The van der Waals surface area contributed by atoms with Crippen LogP contribution in [0.5, 0.6) is 5.75 Å². The fourth-order valence-corrected chi connectivity index (χ4v) is 1.46. The van der Waals surface area contributed by atoms with E-state index in [4.69, 9.17) is 4.74 Å². The molecule has 2 aromatic rings. The van der Waals surface area contributed by atoms with Gasteiger partial charge < -0.3 is 4.74 Å². The second-order valence-corrected chi connectivity index (χ2v) is 3.04. The van der Waals surface area contributed by atoms with E-state index in [-0.39, 0.29) is 11.4 Å². The summed E-state index contributed by atoms with van der Waals surface area (Å²) >= 11 is 0. The van der Waals surface area contributed by atoms with Gasteiger partial charge in [0.05, 0.1) is 12.0 Å². The number of hydrogen-bond donors (Lipinski definition) is 0. The van der Waals surface area contributed by atoms with Crippen molar-refractivity contribution in [3.63, 3.8) is 0 Å². The summed E-state index contributed by atoms with van der Waals surface area (Å²) in [5.74, 6) is 0.205. The van der Waals surface area contributed by atoms with Crippen LogP contribution in [0.4, 0.5) is 5.69 Å². The van der Waals surface area contributed by atoms with Gasteiger partial charge in [-0.1, -0.05) is 6.07 Å². The molecule has 0 aliphatic rings. The van der Waals surface area contributed by atoms with Crippen molar-refractivity contribution in [2.24, 2.45) is 0 Å². The van der Waals surface area contributed by atoms with E-state index < -0.39 is 4.92 Å². The Balaban J connectivity index is 2.62. The second-order valence-electron chi connectivity index (χ2n) is 3.04. The van der Waals surface area contributed by atoms with Gasteiger partial charge in [0.2, 0.25) is 5.75 Å². The first-order chi connectivity index (χ1) is 7.74. The van der Waals surface area contributed by atoms with Crippen LogP contribution in [0.2, 0.25) is 0 Å². The summed E-state index contributed by atoms with van der Waals surface area (Å²) in [6.07, 6.45) is 3.29. The van der Waals surface area contributed by atoms with Gasteiger partial charge in [-0.15, -0.1) is 0 Å². The lowest BCUT2D eigenvalue weighted by Gasteiger charge is -2.08. The zero-order chi connectivity index (χ0) is 11.5. The minimum atomic E-state index is -0.480.